The number of likely N-dealkylation sites (tertiary alicyclic amines) is 1. The molecule has 1 N–H and O–H groups in total. The first kappa shape index (κ1) is 18.4. The van der Waals surface area contributed by atoms with Crippen LogP contribution in [0.25, 0.3) is 0 Å². The van der Waals surface area contributed by atoms with Crippen molar-refractivity contribution in [3.63, 3.8) is 0 Å². The molecule has 140 valence electrons. The maximum atomic E-state index is 13.0. The number of nitrogens with zero attached hydrogens (tertiary/aromatic N) is 3. The normalized spacial score (nSPS) is 21.2. The minimum absolute atomic E-state index is 0.00863. The van der Waals surface area contributed by atoms with E-state index in [1.165, 1.54) is 4.90 Å². The van der Waals surface area contributed by atoms with Gasteiger partial charge in [-0.3, -0.25) is 9.69 Å². The number of halogens is 3. The van der Waals surface area contributed by atoms with E-state index in [9.17, 15) is 18.0 Å². The van der Waals surface area contributed by atoms with E-state index in [1.807, 2.05) is 30.3 Å². The summed E-state index contributed by atoms with van der Waals surface area (Å²) >= 11 is 0. The van der Waals surface area contributed by atoms with Gasteiger partial charge < -0.3 is 9.63 Å². The van der Waals surface area contributed by atoms with E-state index in [0.717, 1.165) is 12.0 Å². The van der Waals surface area contributed by atoms with Crippen LogP contribution in [0.2, 0.25) is 0 Å². The molecule has 0 amide bonds. The first-order valence-electron chi connectivity index (χ1n) is 8.20. The van der Waals surface area contributed by atoms with Gasteiger partial charge in [-0.1, -0.05) is 35.5 Å². The number of benzene rings is 1. The van der Waals surface area contributed by atoms with Gasteiger partial charge in [0.05, 0.1) is 18.4 Å². The molecule has 0 radical (unpaired) electrons. The fourth-order valence-corrected chi connectivity index (χ4v) is 3.14. The summed E-state index contributed by atoms with van der Waals surface area (Å²) in [5.74, 6) is -4.13. The number of rotatable bonds is 6. The molecule has 2 aromatic rings. The molecule has 2 heterocycles. The number of hydrogen-bond acceptors (Lipinski definition) is 5. The van der Waals surface area contributed by atoms with Gasteiger partial charge in [-0.2, -0.15) is 18.2 Å². The lowest BCUT2D eigenvalue weighted by molar-refractivity contribution is -0.188. The highest BCUT2D eigenvalue weighted by molar-refractivity contribution is 5.71. The van der Waals surface area contributed by atoms with Crippen molar-refractivity contribution in [2.75, 3.05) is 13.1 Å². The van der Waals surface area contributed by atoms with E-state index in [2.05, 4.69) is 10.1 Å². The van der Waals surface area contributed by atoms with E-state index in [1.54, 1.807) is 0 Å². The minimum atomic E-state index is -4.55. The molecular weight excluding hydrogens is 351 g/mol. The molecule has 1 aromatic heterocycles. The van der Waals surface area contributed by atoms with Crippen LogP contribution in [-0.2, 0) is 24.2 Å². The van der Waals surface area contributed by atoms with Gasteiger partial charge in [0.2, 0.25) is 5.89 Å². The van der Waals surface area contributed by atoms with Gasteiger partial charge in [0.15, 0.2) is 5.82 Å². The van der Waals surface area contributed by atoms with Crippen LogP contribution in [0.1, 0.15) is 17.3 Å². The standard InChI is InChI=1S/C17H18F3N3O3/c18-17(19,20)13-9-23(8-12(13)16(24)25)10-15-21-14(22-26-15)7-6-11-4-2-1-3-5-11/h1-5,12-13H,6-10H2,(H,24,25)/t12-,13-/m1/s1. The fraction of sp³-hybridized carbons (Fsp3) is 0.471. The summed E-state index contributed by atoms with van der Waals surface area (Å²) < 4.78 is 44.1. The van der Waals surface area contributed by atoms with E-state index in [4.69, 9.17) is 9.63 Å². The Labute approximate surface area is 147 Å². The monoisotopic (exact) mass is 369 g/mol. The summed E-state index contributed by atoms with van der Waals surface area (Å²) in [6, 6.07) is 9.74. The van der Waals surface area contributed by atoms with Gasteiger partial charge in [0, 0.05) is 19.5 Å². The summed E-state index contributed by atoms with van der Waals surface area (Å²) in [6.07, 6.45) is -3.27. The summed E-state index contributed by atoms with van der Waals surface area (Å²) in [7, 11) is 0. The van der Waals surface area contributed by atoms with Crippen molar-refractivity contribution in [3.8, 4) is 0 Å². The number of aryl methyl sites for hydroxylation is 2. The van der Waals surface area contributed by atoms with Crippen LogP contribution in [0.15, 0.2) is 34.9 Å². The minimum Gasteiger partial charge on any atom is -0.481 e. The van der Waals surface area contributed by atoms with Gasteiger partial charge in [-0.05, 0) is 12.0 Å². The van der Waals surface area contributed by atoms with Gasteiger partial charge in [-0.25, -0.2) is 0 Å². The predicted octanol–water partition coefficient (Wildman–Crippen LogP) is 2.55. The second-order valence-electron chi connectivity index (χ2n) is 6.38. The molecule has 9 heteroatoms. The van der Waals surface area contributed by atoms with Crippen LogP contribution in [0.5, 0.6) is 0 Å². The van der Waals surface area contributed by atoms with Crippen molar-refractivity contribution >= 4 is 5.97 Å². The second-order valence-corrected chi connectivity index (χ2v) is 6.38. The Morgan fingerprint density at radius 3 is 2.58 bits per heavy atom. The number of carboxylic acid groups (broad SMARTS) is 1. The van der Waals surface area contributed by atoms with Crippen LogP contribution in [0.3, 0.4) is 0 Å². The zero-order chi connectivity index (χ0) is 18.7. The van der Waals surface area contributed by atoms with Crippen LogP contribution in [0, 0.1) is 11.8 Å². The lowest BCUT2D eigenvalue weighted by Crippen LogP contribution is -2.33. The highest BCUT2D eigenvalue weighted by Gasteiger charge is 2.52. The number of alkyl halides is 3. The molecule has 3 rings (SSSR count). The van der Waals surface area contributed by atoms with E-state index in [-0.39, 0.29) is 25.5 Å². The SMILES string of the molecule is O=C(O)[C@@H]1CN(Cc2nc(CCc3ccccc3)no2)C[C@H]1C(F)(F)F. The number of aromatic nitrogens is 2. The Morgan fingerprint density at radius 2 is 1.96 bits per heavy atom. The van der Waals surface area contributed by atoms with Crippen LogP contribution < -0.4 is 0 Å². The highest BCUT2D eigenvalue weighted by atomic mass is 19.4. The molecule has 0 aliphatic carbocycles. The van der Waals surface area contributed by atoms with Crippen molar-refractivity contribution in [2.24, 2.45) is 11.8 Å². The number of hydrogen-bond donors (Lipinski definition) is 1. The van der Waals surface area contributed by atoms with Crippen LogP contribution >= 0.6 is 0 Å². The largest absolute Gasteiger partial charge is 0.481 e. The molecule has 1 aliphatic heterocycles. The van der Waals surface area contributed by atoms with Crippen molar-refractivity contribution < 1.29 is 27.6 Å². The molecule has 6 nitrogen and oxygen atoms in total. The summed E-state index contributed by atoms with van der Waals surface area (Å²) in [4.78, 5) is 16.7. The molecule has 2 atom stereocenters. The second kappa shape index (κ2) is 7.45. The Bertz CT molecular complexity index is 748. The van der Waals surface area contributed by atoms with Crippen molar-refractivity contribution in [3.05, 3.63) is 47.6 Å². The summed E-state index contributed by atoms with van der Waals surface area (Å²) in [5, 5.41) is 12.9. The topological polar surface area (TPSA) is 79.5 Å². The zero-order valence-electron chi connectivity index (χ0n) is 13.8. The average Bonchev–Trinajstić information content (AvgIpc) is 3.21. The van der Waals surface area contributed by atoms with Gasteiger partial charge in [-0.15, -0.1) is 0 Å². The maximum Gasteiger partial charge on any atom is 0.393 e. The zero-order valence-corrected chi connectivity index (χ0v) is 13.8. The molecule has 1 fully saturated rings. The van der Waals surface area contributed by atoms with Crippen molar-refractivity contribution in [1.29, 1.82) is 0 Å². The lowest BCUT2D eigenvalue weighted by atomic mass is 9.96. The van der Waals surface area contributed by atoms with Gasteiger partial charge in [0.1, 0.15) is 0 Å². The van der Waals surface area contributed by atoms with Crippen LogP contribution in [0.4, 0.5) is 13.2 Å². The molecule has 0 spiro atoms. The Morgan fingerprint density at radius 1 is 1.23 bits per heavy atom. The average molecular weight is 369 g/mol. The number of aliphatic carboxylic acids is 1. The Balaban J connectivity index is 1.58. The smallest absolute Gasteiger partial charge is 0.393 e. The highest BCUT2D eigenvalue weighted by Crippen LogP contribution is 2.38. The first-order valence-corrected chi connectivity index (χ1v) is 8.20. The van der Waals surface area contributed by atoms with E-state index >= 15 is 0 Å². The maximum absolute atomic E-state index is 13.0. The quantitative estimate of drug-likeness (QED) is 0.843. The predicted molar refractivity (Wildman–Crippen MR) is 84.1 cm³/mol. The summed E-state index contributed by atoms with van der Waals surface area (Å²) in [6.45, 7) is -0.571. The van der Waals surface area contributed by atoms with Crippen molar-refractivity contribution in [2.45, 2.75) is 25.6 Å². The number of carboxylic acids is 1. The first-order chi connectivity index (χ1) is 12.3. The third-order valence-electron chi connectivity index (χ3n) is 4.48. The van der Waals surface area contributed by atoms with Crippen molar-refractivity contribution in [1.82, 2.24) is 15.0 Å². The Hall–Kier alpha value is -2.42. The fourth-order valence-electron chi connectivity index (χ4n) is 3.14. The molecule has 1 saturated heterocycles. The lowest BCUT2D eigenvalue weighted by Gasteiger charge is -2.17. The molecule has 0 unspecified atom stereocenters. The molecule has 1 aromatic carbocycles. The molecule has 0 bridgehead atoms. The van der Waals surface area contributed by atoms with Crippen LogP contribution in [-0.4, -0.2) is 45.4 Å². The van der Waals surface area contributed by atoms with E-state index < -0.39 is 24.0 Å². The van der Waals surface area contributed by atoms with Gasteiger partial charge >= 0.3 is 12.1 Å². The summed E-state index contributed by atoms with van der Waals surface area (Å²) in [5.41, 5.74) is 1.12. The Kier molecular flexibility index (Phi) is 5.26. The third kappa shape index (κ3) is 4.40. The van der Waals surface area contributed by atoms with E-state index in [0.29, 0.717) is 12.2 Å². The molecule has 26 heavy (non-hydrogen) atoms. The molecule has 1 aliphatic rings. The van der Waals surface area contributed by atoms with Gasteiger partial charge in [0.25, 0.3) is 0 Å². The molecule has 0 saturated carbocycles. The molecular formula is C17H18F3N3O3. The third-order valence-corrected chi connectivity index (χ3v) is 4.48. The number of carbonyl (C=O) groups is 1.